The first-order valence-corrected chi connectivity index (χ1v) is 12.0. The average Bonchev–Trinajstić information content (AvgIpc) is 3.25. The molecule has 0 aliphatic heterocycles. The Bertz CT molecular complexity index is 1270. The van der Waals surface area contributed by atoms with Gasteiger partial charge in [0, 0.05) is 29.4 Å². The number of nitrogens with zero attached hydrogens (tertiary/aromatic N) is 4. The van der Waals surface area contributed by atoms with Crippen LogP contribution in [0, 0.1) is 19.7 Å². The number of aromatic nitrogens is 4. The Morgan fingerprint density at radius 1 is 1.12 bits per heavy atom. The van der Waals surface area contributed by atoms with Crippen LogP contribution in [0.15, 0.2) is 58.3 Å². The molecule has 0 unspecified atom stereocenters. The summed E-state index contributed by atoms with van der Waals surface area (Å²) in [5.74, 6) is 2.34. The first-order chi connectivity index (χ1) is 16.0. The number of ketones is 1. The molecule has 8 heteroatoms. The van der Waals surface area contributed by atoms with Gasteiger partial charge in [-0.1, -0.05) is 23.9 Å². The van der Waals surface area contributed by atoms with Crippen LogP contribution < -0.4 is 0 Å². The molecule has 4 aromatic rings. The highest BCUT2D eigenvalue weighted by Crippen LogP contribution is 2.40. The van der Waals surface area contributed by atoms with Crippen LogP contribution in [0.3, 0.4) is 0 Å². The van der Waals surface area contributed by atoms with E-state index in [9.17, 15) is 9.18 Å². The number of rotatable bonds is 9. The second-order valence-corrected chi connectivity index (χ2v) is 9.43. The fourth-order valence-electron chi connectivity index (χ4n) is 4.06. The zero-order valence-corrected chi connectivity index (χ0v) is 19.4. The minimum Gasteiger partial charge on any atom is -0.467 e. The summed E-state index contributed by atoms with van der Waals surface area (Å²) in [5.41, 5.74) is 3.62. The molecule has 3 heterocycles. The highest BCUT2D eigenvalue weighted by atomic mass is 32.2. The number of carbonyl (C=O) groups excluding carboxylic acids is 1. The van der Waals surface area contributed by atoms with E-state index in [2.05, 4.69) is 19.3 Å². The summed E-state index contributed by atoms with van der Waals surface area (Å²) >= 11 is 1.41. The fraction of sp³-hybridized carbons (Fsp3) is 0.320. The van der Waals surface area contributed by atoms with Gasteiger partial charge in [0.25, 0.3) is 0 Å². The number of benzene rings is 1. The molecule has 1 aromatic carbocycles. The van der Waals surface area contributed by atoms with Gasteiger partial charge in [0.15, 0.2) is 10.9 Å². The van der Waals surface area contributed by atoms with E-state index >= 15 is 0 Å². The minimum atomic E-state index is -0.252. The first-order valence-electron chi connectivity index (χ1n) is 11.0. The Morgan fingerprint density at radius 3 is 2.61 bits per heavy atom. The molecule has 0 spiro atoms. The zero-order chi connectivity index (χ0) is 22.9. The second-order valence-electron chi connectivity index (χ2n) is 8.49. The lowest BCUT2D eigenvalue weighted by Gasteiger charge is -2.10. The molecule has 1 aliphatic rings. The van der Waals surface area contributed by atoms with Crippen LogP contribution in [-0.4, -0.2) is 30.9 Å². The lowest BCUT2D eigenvalue weighted by molar-refractivity contribution is 0.102. The minimum absolute atomic E-state index is 0.0546. The summed E-state index contributed by atoms with van der Waals surface area (Å²) in [4.78, 5) is 13.1. The number of hydrogen-bond donors (Lipinski definition) is 0. The largest absolute Gasteiger partial charge is 0.467 e. The maximum atomic E-state index is 13.2. The highest BCUT2D eigenvalue weighted by molar-refractivity contribution is 7.99. The molecule has 6 nitrogen and oxygen atoms in total. The first kappa shape index (κ1) is 21.7. The van der Waals surface area contributed by atoms with Gasteiger partial charge in [-0.15, -0.1) is 10.2 Å². The SMILES string of the molecule is Cc1cc(C(=O)CSc2nnc(C3CC3)n2Cc2ccco2)c(C)n1Cc1ccc(F)cc1. The van der Waals surface area contributed by atoms with E-state index in [-0.39, 0.29) is 17.4 Å². The quantitative estimate of drug-likeness (QED) is 0.246. The van der Waals surface area contributed by atoms with Crippen LogP contribution in [0.1, 0.15) is 57.7 Å². The third kappa shape index (κ3) is 4.66. The number of furan rings is 1. The lowest BCUT2D eigenvalue weighted by Crippen LogP contribution is -2.09. The zero-order valence-electron chi connectivity index (χ0n) is 18.6. The van der Waals surface area contributed by atoms with Gasteiger partial charge in [-0.3, -0.25) is 9.36 Å². The van der Waals surface area contributed by atoms with Crippen molar-refractivity contribution < 1.29 is 13.6 Å². The monoisotopic (exact) mass is 464 g/mol. The Labute approximate surface area is 195 Å². The van der Waals surface area contributed by atoms with E-state index in [0.29, 0.717) is 24.6 Å². The van der Waals surface area contributed by atoms with Crippen molar-refractivity contribution in [3.8, 4) is 0 Å². The van der Waals surface area contributed by atoms with Crippen LogP contribution in [0.2, 0.25) is 0 Å². The van der Waals surface area contributed by atoms with Gasteiger partial charge in [0.2, 0.25) is 0 Å². The molecule has 0 bridgehead atoms. The van der Waals surface area contributed by atoms with Crippen molar-refractivity contribution in [2.45, 2.75) is 50.9 Å². The van der Waals surface area contributed by atoms with Gasteiger partial charge in [-0.25, -0.2) is 4.39 Å². The molecule has 1 saturated carbocycles. The summed E-state index contributed by atoms with van der Waals surface area (Å²) in [6.45, 7) is 5.11. The third-order valence-corrected chi connectivity index (χ3v) is 7.01. The Kier molecular flexibility index (Phi) is 5.93. The van der Waals surface area contributed by atoms with E-state index in [4.69, 9.17) is 4.42 Å². The van der Waals surface area contributed by atoms with Crippen molar-refractivity contribution in [1.82, 2.24) is 19.3 Å². The Morgan fingerprint density at radius 2 is 1.91 bits per heavy atom. The summed E-state index contributed by atoms with van der Waals surface area (Å²) in [7, 11) is 0. The van der Waals surface area contributed by atoms with Crippen LogP contribution >= 0.6 is 11.8 Å². The molecule has 33 heavy (non-hydrogen) atoms. The third-order valence-electron chi connectivity index (χ3n) is 6.04. The van der Waals surface area contributed by atoms with Gasteiger partial charge >= 0.3 is 0 Å². The molecule has 0 atom stereocenters. The maximum Gasteiger partial charge on any atom is 0.192 e. The van der Waals surface area contributed by atoms with Gasteiger partial charge in [0.1, 0.15) is 17.4 Å². The van der Waals surface area contributed by atoms with E-state index in [0.717, 1.165) is 46.5 Å². The Hall–Kier alpha value is -3.13. The molecule has 170 valence electrons. The maximum absolute atomic E-state index is 13.2. The van der Waals surface area contributed by atoms with Crippen molar-refractivity contribution >= 4 is 17.5 Å². The summed E-state index contributed by atoms with van der Waals surface area (Å²) in [5, 5.41) is 9.52. The predicted molar refractivity (Wildman–Crippen MR) is 124 cm³/mol. The molecule has 0 radical (unpaired) electrons. The molecule has 0 amide bonds. The molecule has 1 fully saturated rings. The topological polar surface area (TPSA) is 65.8 Å². The molecule has 3 aromatic heterocycles. The number of thioether (sulfide) groups is 1. The molecule has 0 N–H and O–H groups in total. The van der Waals surface area contributed by atoms with Crippen LogP contribution in [0.5, 0.6) is 0 Å². The molecular weight excluding hydrogens is 439 g/mol. The lowest BCUT2D eigenvalue weighted by atomic mass is 10.2. The number of hydrogen-bond acceptors (Lipinski definition) is 5. The average molecular weight is 465 g/mol. The van der Waals surface area contributed by atoms with Crippen molar-refractivity contribution in [1.29, 1.82) is 0 Å². The van der Waals surface area contributed by atoms with Gasteiger partial charge in [-0.05, 0) is 62.6 Å². The summed E-state index contributed by atoms with van der Waals surface area (Å²) in [6.07, 6.45) is 3.91. The fourth-order valence-corrected chi connectivity index (χ4v) is 4.89. The molecule has 0 saturated heterocycles. The molecule has 1 aliphatic carbocycles. The van der Waals surface area contributed by atoms with Gasteiger partial charge in [-0.2, -0.15) is 0 Å². The van der Waals surface area contributed by atoms with Crippen molar-refractivity contribution in [3.05, 3.63) is 88.6 Å². The number of Topliss-reactive ketones (excluding diaryl/α,β-unsaturated/α-hetero) is 1. The number of aryl methyl sites for hydroxylation is 1. The van der Waals surface area contributed by atoms with E-state index in [1.165, 1.54) is 23.9 Å². The standard InChI is InChI=1S/C25H25FN4O2S/c1-16-12-22(17(2)29(16)13-18-5-9-20(26)10-6-18)23(31)15-33-25-28-27-24(19-7-8-19)30(25)14-21-4-3-11-32-21/h3-6,9-12,19H,7-8,13-15H2,1-2H3. The number of carbonyl (C=O) groups is 1. The van der Waals surface area contributed by atoms with Crippen LogP contribution in [0.4, 0.5) is 4.39 Å². The van der Waals surface area contributed by atoms with Crippen molar-refractivity contribution in [2.24, 2.45) is 0 Å². The van der Waals surface area contributed by atoms with E-state index in [1.807, 2.05) is 32.0 Å². The molecule has 5 rings (SSSR count). The Balaban J connectivity index is 1.31. The smallest absolute Gasteiger partial charge is 0.192 e. The van der Waals surface area contributed by atoms with E-state index < -0.39 is 0 Å². The summed E-state index contributed by atoms with van der Waals surface area (Å²) in [6, 6.07) is 12.2. The van der Waals surface area contributed by atoms with Crippen molar-refractivity contribution in [2.75, 3.05) is 5.75 Å². The van der Waals surface area contributed by atoms with E-state index in [1.54, 1.807) is 18.4 Å². The highest BCUT2D eigenvalue weighted by Gasteiger charge is 2.31. The second kappa shape index (κ2) is 9.02. The summed E-state index contributed by atoms with van der Waals surface area (Å²) < 4.78 is 22.9. The van der Waals surface area contributed by atoms with Crippen LogP contribution in [-0.2, 0) is 13.1 Å². The van der Waals surface area contributed by atoms with Crippen LogP contribution in [0.25, 0.3) is 0 Å². The molecular formula is C25H25FN4O2S. The van der Waals surface area contributed by atoms with Gasteiger partial charge < -0.3 is 8.98 Å². The predicted octanol–water partition coefficient (Wildman–Crippen LogP) is 5.38. The normalized spacial score (nSPS) is 13.5. The van der Waals surface area contributed by atoms with Gasteiger partial charge in [0.05, 0.1) is 18.6 Å². The van der Waals surface area contributed by atoms with Crippen molar-refractivity contribution in [3.63, 3.8) is 0 Å². The number of halogens is 1.